The van der Waals surface area contributed by atoms with Crippen molar-refractivity contribution in [3.8, 4) is 45.6 Å². The fourth-order valence-corrected chi connectivity index (χ4v) is 9.66. The van der Waals surface area contributed by atoms with Crippen molar-refractivity contribution in [2.45, 2.75) is 48.6 Å². The molecule has 0 aliphatic carbocycles. The van der Waals surface area contributed by atoms with Crippen LogP contribution in [0.5, 0.6) is 34.5 Å². The van der Waals surface area contributed by atoms with Crippen LogP contribution < -0.4 is 18.9 Å². The number of phenolic OH excluding ortho intramolecular Hbond substituents is 2. The number of methoxy groups -OCH3 is 1. The van der Waals surface area contributed by atoms with Gasteiger partial charge in [0, 0.05) is 46.1 Å². The van der Waals surface area contributed by atoms with Gasteiger partial charge in [-0.2, -0.15) is 0 Å². The Morgan fingerprint density at radius 2 is 1.01 bits per heavy atom. The maximum Gasteiger partial charge on any atom is 0.339 e. The normalized spacial score (nSPS) is 23.7. The number of ether oxygens (including phenoxy) is 10. The van der Waals surface area contributed by atoms with E-state index < -0.39 is 72.0 Å². The summed E-state index contributed by atoms with van der Waals surface area (Å²) < 4.78 is 64.7. The Balaban J connectivity index is 1.08. The molecule has 0 saturated carbocycles. The van der Waals surface area contributed by atoms with Crippen molar-refractivity contribution in [1.29, 1.82) is 0 Å². The van der Waals surface area contributed by atoms with E-state index in [1.165, 1.54) is 13.2 Å². The molecular weight excluding hydrogens is 873 g/mol. The summed E-state index contributed by atoms with van der Waals surface area (Å²) >= 11 is 0. The highest BCUT2D eigenvalue weighted by Crippen LogP contribution is 2.62. The van der Waals surface area contributed by atoms with Gasteiger partial charge in [0.15, 0.2) is 47.8 Å². The molecule has 5 aliphatic rings. The number of rotatable bonds is 6. The first kappa shape index (κ1) is 41.5. The summed E-state index contributed by atoms with van der Waals surface area (Å²) in [7, 11) is 1.36. The summed E-state index contributed by atoms with van der Waals surface area (Å²) in [5.41, 5.74) is 1.82. The molecule has 5 heterocycles. The zero-order valence-corrected chi connectivity index (χ0v) is 36.1. The number of hydrogen-bond acceptors (Lipinski definition) is 14. The average Bonchev–Trinajstić information content (AvgIpc) is 4.01. The molecule has 7 aromatic carbocycles. The largest absolute Gasteiger partial charge is 0.504 e. The second-order valence-electron chi connectivity index (χ2n) is 16.8. The Labute approximate surface area is 388 Å². The molecule has 6 atom stereocenters. The number of aromatic hydroxyl groups is 2. The quantitative estimate of drug-likeness (QED) is 0.152. The van der Waals surface area contributed by atoms with Gasteiger partial charge in [-0.1, -0.05) is 152 Å². The lowest BCUT2D eigenvalue weighted by atomic mass is 9.90. The van der Waals surface area contributed by atoms with E-state index in [2.05, 4.69) is 0 Å². The molecule has 0 aromatic heterocycles. The summed E-state index contributed by atoms with van der Waals surface area (Å²) in [6.07, 6.45) is -6.97. The number of carbonyl (C=O) groups is 2. The van der Waals surface area contributed by atoms with E-state index in [-0.39, 0.29) is 51.9 Å². The average molecular weight is 913 g/mol. The van der Waals surface area contributed by atoms with E-state index in [4.69, 9.17) is 47.4 Å². The first-order valence-corrected chi connectivity index (χ1v) is 22.0. The first-order valence-electron chi connectivity index (χ1n) is 22.0. The van der Waals surface area contributed by atoms with Crippen molar-refractivity contribution in [1.82, 2.24) is 0 Å². The van der Waals surface area contributed by atoms with Crippen LogP contribution in [0.25, 0.3) is 11.1 Å². The van der Waals surface area contributed by atoms with E-state index in [1.807, 2.05) is 103 Å². The molecule has 12 rings (SSSR count). The van der Waals surface area contributed by atoms with E-state index in [0.717, 1.165) is 6.07 Å². The zero-order valence-electron chi connectivity index (χ0n) is 36.1. The molecule has 7 aromatic rings. The van der Waals surface area contributed by atoms with Gasteiger partial charge in [0.05, 0.1) is 17.7 Å². The minimum absolute atomic E-state index is 0.000676. The SMILES string of the molecule is CO[C@H]1O[C@@H]2CO[C@@H](c3ccccc3)O[C@H]2[C@@H]2OC(=O)c3cc4c(c(O)c3-c3c(cc(O)c5c3OC(c3ccccc3)(c3ccccc3)O5)C(=O)O[C@@H]12)OC(c1ccccc1)(c1ccccc1)O4. The lowest BCUT2D eigenvalue weighted by Crippen LogP contribution is -2.64. The Hall–Kier alpha value is -7.88. The van der Waals surface area contributed by atoms with Gasteiger partial charge >= 0.3 is 23.5 Å². The Kier molecular flexibility index (Phi) is 9.88. The number of esters is 2. The second-order valence-corrected chi connectivity index (χ2v) is 16.8. The van der Waals surface area contributed by atoms with Crippen molar-refractivity contribution < 1.29 is 67.2 Å². The highest BCUT2D eigenvalue weighted by atomic mass is 16.8. The summed E-state index contributed by atoms with van der Waals surface area (Å²) in [6, 6.07) is 48.0. The topological polar surface area (TPSA) is 167 Å². The summed E-state index contributed by atoms with van der Waals surface area (Å²) in [5.74, 6) is -7.16. The summed E-state index contributed by atoms with van der Waals surface area (Å²) in [4.78, 5) is 30.6. The number of phenols is 2. The fraction of sp³-hybridized carbons (Fsp3) is 0.185. The molecule has 0 spiro atoms. The van der Waals surface area contributed by atoms with Crippen LogP contribution in [0.3, 0.4) is 0 Å². The number of benzene rings is 7. The fourth-order valence-electron chi connectivity index (χ4n) is 9.66. The van der Waals surface area contributed by atoms with Crippen LogP contribution in [-0.2, 0) is 40.0 Å². The van der Waals surface area contributed by atoms with Gasteiger partial charge < -0.3 is 57.6 Å². The monoisotopic (exact) mass is 912 g/mol. The molecule has 2 N–H and O–H groups in total. The van der Waals surface area contributed by atoms with Gasteiger partial charge in [-0.05, 0) is 12.1 Å². The molecule has 340 valence electrons. The summed E-state index contributed by atoms with van der Waals surface area (Å²) in [6.45, 7) is 0.000676. The molecule has 0 bridgehead atoms. The molecule has 0 radical (unpaired) electrons. The van der Waals surface area contributed by atoms with Crippen molar-refractivity contribution in [3.05, 3.63) is 203 Å². The molecular formula is C54H40O14. The minimum Gasteiger partial charge on any atom is -0.504 e. The van der Waals surface area contributed by atoms with Gasteiger partial charge in [-0.25, -0.2) is 9.59 Å². The molecule has 0 amide bonds. The highest BCUT2D eigenvalue weighted by Gasteiger charge is 2.57. The Morgan fingerprint density at radius 1 is 0.529 bits per heavy atom. The van der Waals surface area contributed by atoms with Crippen LogP contribution in [-0.4, -0.2) is 66.6 Å². The molecule has 68 heavy (non-hydrogen) atoms. The van der Waals surface area contributed by atoms with Crippen molar-refractivity contribution in [2.24, 2.45) is 0 Å². The number of fused-ring (bicyclic) bond motifs is 9. The van der Waals surface area contributed by atoms with Crippen LogP contribution in [0, 0.1) is 0 Å². The van der Waals surface area contributed by atoms with Gasteiger partial charge in [0.1, 0.15) is 12.2 Å². The van der Waals surface area contributed by atoms with Crippen LogP contribution in [0.2, 0.25) is 0 Å². The van der Waals surface area contributed by atoms with Gasteiger partial charge in [0.2, 0.25) is 11.5 Å². The molecule has 0 unspecified atom stereocenters. The van der Waals surface area contributed by atoms with Gasteiger partial charge in [-0.3, -0.25) is 0 Å². The van der Waals surface area contributed by atoms with Gasteiger partial charge in [0.25, 0.3) is 0 Å². The van der Waals surface area contributed by atoms with E-state index >= 15 is 9.59 Å². The Morgan fingerprint density at radius 3 is 1.57 bits per heavy atom. The molecule has 5 aliphatic heterocycles. The lowest BCUT2D eigenvalue weighted by molar-refractivity contribution is -0.356. The van der Waals surface area contributed by atoms with Crippen LogP contribution >= 0.6 is 0 Å². The van der Waals surface area contributed by atoms with E-state index in [0.29, 0.717) is 27.8 Å². The number of carbonyl (C=O) groups excluding carboxylic acids is 2. The number of hydrogen-bond donors (Lipinski definition) is 2. The molecule has 2 saturated heterocycles. The predicted molar refractivity (Wildman–Crippen MR) is 239 cm³/mol. The van der Waals surface area contributed by atoms with Crippen LogP contribution in [0.15, 0.2) is 164 Å². The third kappa shape index (κ3) is 6.48. The smallest absolute Gasteiger partial charge is 0.339 e. The third-order valence-electron chi connectivity index (χ3n) is 12.8. The maximum absolute atomic E-state index is 15.4. The van der Waals surface area contributed by atoms with Crippen molar-refractivity contribution in [3.63, 3.8) is 0 Å². The molecule has 2 fully saturated rings. The molecule has 14 heteroatoms. The van der Waals surface area contributed by atoms with Crippen LogP contribution in [0.1, 0.15) is 54.8 Å². The maximum atomic E-state index is 15.4. The first-order chi connectivity index (χ1) is 33.3. The molecule has 14 nitrogen and oxygen atoms in total. The standard InChI is InChI=1S/C54H40O14/c1-59-52-48-47(45-39(61-52)29-60-51(64-45)30-17-7-2-8-18-30)62-50(58)36-28-38-44(67-53(65-38,31-19-9-3-10-20-31)32-21-11-4-12-22-32)42(56)40(36)41-35(49(57)63-48)27-37(55)43-46(41)68-54(66-43,33-23-13-5-14-24-33)34-25-15-6-16-26-34/h2-28,39,45,47-48,51-52,55-56H,29H2,1H3/t39-,45-,47+,48-,51-,52+/m1/s1. The van der Waals surface area contributed by atoms with Crippen molar-refractivity contribution >= 4 is 11.9 Å². The third-order valence-corrected chi connectivity index (χ3v) is 12.8. The van der Waals surface area contributed by atoms with Crippen LogP contribution in [0.4, 0.5) is 0 Å². The van der Waals surface area contributed by atoms with Gasteiger partial charge in [-0.15, -0.1) is 0 Å². The predicted octanol–water partition coefficient (Wildman–Crippen LogP) is 8.66. The van der Waals surface area contributed by atoms with E-state index in [9.17, 15) is 10.2 Å². The highest BCUT2D eigenvalue weighted by molar-refractivity contribution is 6.09. The second kappa shape index (κ2) is 16.2. The summed E-state index contributed by atoms with van der Waals surface area (Å²) in [5, 5.41) is 24.9. The minimum atomic E-state index is -1.76. The zero-order chi connectivity index (χ0) is 46.1. The van der Waals surface area contributed by atoms with Crippen molar-refractivity contribution in [2.75, 3.05) is 13.7 Å². The lowest BCUT2D eigenvalue weighted by Gasteiger charge is -2.48. The Bertz CT molecular complexity index is 2980. The van der Waals surface area contributed by atoms with E-state index in [1.54, 1.807) is 48.5 Å².